The summed E-state index contributed by atoms with van der Waals surface area (Å²) in [6.45, 7) is 6.25. The van der Waals surface area contributed by atoms with Crippen LogP contribution in [0.25, 0.3) is 0 Å². The van der Waals surface area contributed by atoms with E-state index in [1.54, 1.807) is 38.4 Å². The molecule has 0 saturated heterocycles. The van der Waals surface area contributed by atoms with Gasteiger partial charge in [0.05, 0.1) is 16.8 Å². The summed E-state index contributed by atoms with van der Waals surface area (Å²) in [6, 6.07) is 8.91. The number of hydrogen-bond acceptors (Lipinski definition) is 3. The molecule has 3 rings (SSSR count). The number of carbonyl (C=O) groups excluding carboxylic acids is 2. The van der Waals surface area contributed by atoms with Gasteiger partial charge in [-0.2, -0.15) is 5.10 Å². The molecule has 6 nitrogen and oxygen atoms in total. The van der Waals surface area contributed by atoms with E-state index in [9.17, 15) is 9.59 Å². The maximum Gasteiger partial charge on any atom is 0.276 e. The fraction of sp³-hybridized carbons (Fsp3) is 0.450. The molecule has 138 valence electrons. The Kier molecular flexibility index (Phi) is 4.61. The maximum atomic E-state index is 12.8. The largest absolute Gasteiger partial charge is 0.345 e. The Morgan fingerprint density at radius 2 is 1.85 bits per heavy atom. The zero-order valence-electron chi connectivity index (χ0n) is 16.0. The van der Waals surface area contributed by atoms with Crippen molar-refractivity contribution in [2.45, 2.75) is 45.1 Å². The van der Waals surface area contributed by atoms with Gasteiger partial charge in [-0.25, -0.2) is 0 Å². The number of carbonyl (C=O) groups is 2. The molecule has 26 heavy (non-hydrogen) atoms. The molecule has 0 bridgehead atoms. The second-order valence-corrected chi connectivity index (χ2v) is 8.01. The molecule has 0 unspecified atom stereocenters. The molecule has 1 aliphatic carbocycles. The van der Waals surface area contributed by atoms with Gasteiger partial charge in [-0.3, -0.25) is 14.3 Å². The van der Waals surface area contributed by atoms with E-state index in [0.29, 0.717) is 22.9 Å². The highest BCUT2D eigenvalue weighted by atomic mass is 16.2. The SMILES string of the molecule is CN(C)C(=O)c1ccccc1NC(=O)c1cc(C2CC2)n(C(C)(C)C)n1. The molecule has 1 fully saturated rings. The van der Waals surface area contributed by atoms with Gasteiger partial charge in [0.25, 0.3) is 11.8 Å². The summed E-state index contributed by atoms with van der Waals surface area (Å²) in [5.74, 6) is 0.0413. The summed E-state index contributed by atoms with van der Waals surface area (Å²) in [5, 5.41) is 7.41. The first kappa shape index (κ1) is 18.2. The zero-order chi connectivity index (χ0) is 19.1. The van der Waals surface area contributed by atoms with E-state index in [0.717, 1.165) is 18.5 Å². The summed E-state index contributed by atoms with van der Waals surface area (Å²) in [4.78, 5) is 26.6. The quantitative estimate of drug-likeness (QED) is 0.914. The van der Waals surface area contributed by atoms with Crippen molar-refractivity contribution in [3.05, 3.63) is 47.3 Å². The minimum absolute atomic E-state index is 0.153. The molecule has 0 aliphatic heterocycles. The standard InChI is InChI=1S/C20H26N4O2/c1-20(2,3)24-17(13-10-11-13)12-16(22-24)18(25)21-15-9-7-6-8-14(15)19(26)23(4)5/h6-9,12-13H,10-11H2,1-5H3,(H,21,25). The number of anilines is 1. The number of nitrogens with one attached hydrogen (secondary N) is 1. The highest BCUT2D eigenvalue weighted by Crippen LogP contribution is 2.41. The van der Waals surface area contributed by atoms with Crippen LogP contribution in [-0.2, 0) is 5.54 Å². The van der Waals surface area contributed by atoms with Crippen molar-refractivity contribution in [1.82, 2.24) is 14.7 Å². The lowest BCUT2D eigenvalue weighted by atomic mass is 10.1. The summed E-state index contributed by atoms with van der Waals surface area (Å²) in [5.41, 5.74) is 2.27. The number of hydrogen-bond donors (Lipinski definition) is 1. The highest BCUT2D eigenvalue weighted by Gasteiger charge is 2.32. The van der Waals surface area contributed by atoms with Gasteiger partial charge in [0.2, 0.25) is 0 Å². The van der Waals surface area contributed by atoms with Crippen molar-refractivity contribution in [3.63, 3.8) is 0 Å². The van der Waals surface area contributed by atoms with E-state index in [4.69, 9.17) is 0 Å². The lowest BCUT2D eigenvalue weighted by Crippen LogP contribution is -2.26. The monoisotopic (exact) mass is 354 g/mol. The fourth-order valence-electron chi connectivity index (χ4n) is 2.92. The van der Waals surface area contributed by atoms with Crippen LogP contribution in [0.1, 0.15) is 66.1 Å². The Bertz CT molecular complexity index is 842. The predicted octanol–water partition coefficient (Wildman–Crippen LogP) is 3.47. The second kappa shape index (κ2) is 6.59. The van der Waals surface area contributed by atoms with Gasteiger partial charge in [0, 0.05) is 25.7 Å². The molecule has 1 N–H and O–H groups in total. The second-order valence-electron chi connectivity index (χ2n) is 8.01. The molecule has 0 atom stereocenters. The minimum atomic E-state index is -0.297. The Labute approximate surface area is 154 Å². The Hall–Kier alpha value is -2.63. The fourth-order valence-corrected chi connectivity index (χ4v) is 2.92. The van der Waals surface area contributed by atoms with Crippen LogP contribution in [0.15, 0.2) is 30.3 Å². The van der Waals surface area contributed by atoms with Gasteiger partial charge >= 0.3 is 0 Å². The van der Waals surface area contributed by atoms with Crippen molar-refractivity contribution in [3.8, 4) is 0 Å². The van der Waals surface area contributed by atoms with Crippen LogP contribution in [0.2, 0.25) is 0 Å². The van der Waals surface area contributed by atoms with Gasteiger partial charge in [0.1, 0.15) is 0 Å². The van der Waals surface area contributed by atoms with Crippen LogP contribution in [0, 0.1) is 0 Å². The first-order valence-electron chi connectivity index (χ1n) is 8.91. The zero-order valence-corrected chi connectivity index (χ0v) is 16.0. The lowest BCUT2D eigenvalue weighted by Gasteiger charge is -2.22. The van der Waals surface area contributed by atoms with Gasteiger partial charge in [-0.1, -0.05) is 12.1 Å². The van der Waals surface area contributed by atoms with Crippen molar-refractivity contribution >= 4 is 17.5 Å². The first-order valence-corrected chi connectivity index (χ1v) is 8.91. The Balaban J connectivity index is 1.89. The summed E-state index contributed by atoms with van der Waals surface area (Å²) >= 11 is 0. The Morgan fingerprint density at radius 1 is 1.19 bits per heavy atom. The average Bonchev–Trinajstić information content (AvgIpc) is 3.31. The third-order valence-electron chi connectivity index (χ3n) is 4.41. The van der Waals surface area contributed by atoms with Crippen molar-refractivity contribution < 1.29 is 9.59 Å². The molecule has 1 heterocycles. The van der Waals surface area contributed by atoms with E-state index >= 15 is 0 Å². The highest BCUT2D eigenvalue weighted by molar-refractivity contribution is 6.08. The van der Waals surface area contributed by atoms with E-state index < -0.39 is 0 Å². The van der Waals surface area contributed by atoms with Crippen molar-refractivity contribution in [1.29, 1.82) is 0 Å². The van der Waals surface area contributed by atoms with Crippen molar-refractivity contribution in [2.24, 2.45) is 0 Å². The van der Waals surface area contributed by atoms with E-state index in [1.165, 1.54) is 4.90 Å². The number of nitrogens with zero attached hydrogens (tertiary/aromatic N) is 3. The summed E-state index contributed by atoms with van der Waals surface area (Å²) < 4.78 is 1.95. The van der Waals surface area contributed by atoms with E-state index in [-0.39, 0.29) is 17.4 Å². The molecule has 6 heteroatoms. The van der Waals surface area contributed by atoms with Crippen LogP contribution in [0.4, 0.5) is 5.69 Å². The number of benzene rings is 1. The van der Waals surface area contributed by atoms with Crippen LogP contribution in [0.3, 0.4) is 0 Å². The number of amides is 2. The molecule has 1 aliphatic rings. The topological polar surface area (TPSA) is 67.2 Å². The molecule has 0 spiro atoms. The van der Waals surface area contributed by atoms with E-state index in [2.05, 4.69) is 31.2 Å². The third-order valence-corrected chi connectivity index (χ3v) is 4.41. The maximum absolute atomic E-state index is 12.8. The molecule has 1 aromatic heterocycles. The van der Waals surface area contributed by atoms with Crippen LogP contribution < -0.4 is 5.32 Å². The van der Waals surface area contributed by atoms with Gasteiger partial charge in [-0.15, -0.1) is 0 Å². The normalized spacial score (nSPS) is 14.2. The average molecular weight is 354 g/mol. The number of aromatic nitrogens is 2. The van der Waals surface area contributed by atoms with Gasteiger partial charge < -0.3 is 10.2 Å². The molecular formula is C20H26N4O2. The molecular weight excluding hydrogens is 328 g/mol. The van der Waals surface area contributed by atoms with E-state index in [1.807, 2.05) is 10.7 Å². The molecule has 1 aromatic carbocycles. The number of para-hydroxylation sites is 1. The van der Waals surface area contributed by atoms with Crippen LogP contribution in [0.5, 0.6) is 0 Å². The first-order chi connectivity index (χ1) is 12.2. The molecule has 2 aromatic rings. The lowest BCUT2D eigenvalue weighted by molar-refractivity contribution is 0.0828. The predicted molar refractivity (Wildman–Crippen MR) is 102 cm³/mol. The molecule has 2 amide bonds. The number of rotatable bonds is 4. The minimum Gasteiger partial charge on any atom is -0.345 e. The van der Waals surface area contributed by atoms with Crippen molar-refractivity contribution in [2.75, 3.05) is 19.4 Å². The molecule has 1 saturated carbocycles. The third kappa shape index (κ3) is 3.64. The summed E-state index contributed by atoms with van der Waals surface area (Å²) in [6.07, 6.45) is 2.28. The van der Waals surface area contributed by atoms with Gasteiger partial charge in [-0.05, 0) is 51.8 Å². The van der Waals surface area contributed by atoms with Crippen LogP contribution >= 0.6 is 0 Å². The summed E-state index contributed by atoms with van der Waals surface area (Å²) in [7, 11) is 3.38. The Morgan fingerprint density at radius 3 is 2.42 bits per heavy atom. The van der Waals surface area contributed by atoms with Crippen LogP contribution in [-0.4, -0.2) is 40.6 Å². The van der Waals surface area contributed by atoms with Gasteiger partial charge in [0.15, 0.2) is 5.69 Å². The molecule has 0 radical (unpaired) electrons. The smallest absolute Gasteiger partial charge is 0.276 e.